The number of hydrogen-bond donors (Lipinski definition) is 1. The molecule has 0 radical (unpaired) electrons. The molecule has 4 heteroatoms. The minimum atomic E-state index is -0.220. The molecule has 4 rings (SSSR count). The molecule has 20 heavy (non-hydrogen) atoms. The number of benzene rings is 2. The summed E-state index contributed by atoms with van der Waals surface area (Å²) in [5, 5.41) is 1.45. The molecule has 0 saturated heterocycles. The monoisotopic (exact) mass is 263 g/mol. The van der Waals surface area contributed by atoms with Crippen molar-refractivity contribution in [2.24, 2.45) is 0 Å². The highest BCUT2D eigenvalue weighted by molar-refractivity contribution is 5.96. The van der Waals surface area contributed by atoms with Gasteiger partial charge in [0.15, 0.2) is 0 Å². The highest BCUT2D eigenvalue weighted by Crippen LogP contribution is 2.29. The van der Waals surface area contributed by atoms with E-state index >= 15 is 0 Å². The van der Waals surface area contributed by atoms with Crippen LogP contribution < -0.4 is 0 Å². The van der Waals surface area contributed by atoms with Crippen molar-refractivity contribution in [3.05, 3.63) is 60.7 Å². The lowest BCUT2D eigenvalue weighted by atomic mass is 10.0. The van der Waals surface area contributed by atoms with E-state index in [0.29, 0.717) is 5.39 Å². The number of pyridine rings is 1. The van der Waals surface area contributed by atoms with Crippen molar-refractivity contribution < 1.29 is 4.39 Å². The van der Waals surface area contributed by atoms with Crippen molar-refractivity contribution in [3.8, 4) is 11.4 Å². The Labute approximate surface area is 114 Å². The Kier molecular flexibility index (Phi) is 2.29. The highest BCUT2D eigenvalue weighted by atomic mass is 19.1. The molecule has 96 valence electrons. The minimum Gasteiger partial charge on any atom is -0.337 e. The van der Waals surface area contributed by atoms with Crippen molar-refractivity contribution in [1.82, 2.24) is 15.0 Å². The Morgan fingerprint density at radius 1 is 0.950 bits per heavy atom. The summed E-state index contributed by atoms with van der Waals surface area (Å²) in [5.41, 5.74) is 2.61. The average molecular weight is 263 g/mol. The topological polar surface area (TPSA) is 41.6 Å². The zero-order chi connectivity index (χ0) is 13.5. The average Bonchev–Trinajstić information content (AvgIpc) is 2.91. The van der Waals surface area contributed by atoms with Crippen LogP contribution in [0.1, 0.15) is 0 Å². The van der Waals surface area contributed by atoms with Crippen LogP contribution in [0.4, 0.5) is 4.39 Å². The number of nitrogens with one attached hydrogen (secondary N) is 1. The first-order valence-electron chi connectivity index (χ1n) is 6.30. The molecule has 0 aliphatic heterocycles. The molecular weight excluding hydrogens is 253 g/mol. The molecule has 3 nitrogen and oxygen atoms in total. The summed E-state index contributed by atoms with van der Waals surface area (Å²) < 4.78 is 13.8. The lowest BCUT2D eigenvalue weighted by molar-refractivity contribution is 0.640. The fourth-order valence-electron chi connectivity index (χ4n) is 2.45. The van der Waals surface area contributed by atoms with Gasteiger partial charge in [-0.2, -0.15) is 0 Å². The third-order valence-electron chi connectivity index (χ3n) is 3.41. The zero-order valence-corrected chi connectivity index (χ0v) is 10.5. The molecule has 0 aliphatic carbocycles. The lowest BCUT2D eigenvalue weighted by Crippen LogP contribution is -1.86. The van der Waals surface area contributed by atoms with Gasteiger partial charge in [-0.25, -0.2) is 9.37 Å². The Morgan fingerprint density at radius 3 is 2.65 bits per heavy atom. The molecule has 0 spiro atoms. The van der Waals surface area contributed by atoms with Gasteiger partial charge in [0.25, 0.3) is 0 Å². The van der Waals surface area contributed by atoms with Crippen LogP contribution in [-0.4, -0.2) is 15.0 Å². The van der Waals surface area contributed by atoms with Gasteiger partial charge in [-0.3, -0.25) is 4.98 Å². The fraction of sp³-hybridized carbons (Fsp3) is 0. The van der Waals surface area contributed by atoms with E-state index in [1.807, 2.05) is 24.3 Å². The number of imidazole rings is 1. The van der Waals surface area contributed by atoms with E-state index in [-0.39, 0.29) is 5.82 Å². The predicted molar refractivity (Wildman–Crippen MR) is 76.8 cm³/mol. The van der Waals surface area contributed by atoms with Gasteiger partial charge < -0.3 is 4.98 Å². The quantitative estimate of drug-likeness (QED) is 0.565. The van der Waals surface area contributed by atoms with Gasteiger partial charge in [0.05, 0.1) is 17.2 Å². The van der Waals surface area contributed by atoms with Crippen LogP contribution in [0.25, 0.3) is 33.2 Å². The Morgan fingerprint density at radius 2 is 1.80 bits per heavy atom. The van der Waals surface area contributed by atoms with E-state index in [0.717, 1.165) is 27.8 Å². The molecule has 0 bridgehead atoms. The molecule has 0 saturated carbocycles. The summed E-state index contributed by atoms with van der Waals surface area (Å²) in [4.78, 5) is 11.8. The fourth-order valence-corrected chi connectivity index (χ4v) is 2.45. The van der Waals surface area contributed by atoms with Crippen molar-refractivity contribution in [1.29, 1.82) is 0 Å². The molecule has 0 unspecified atom stereocenters. The molecular formula is C16H10FN3. The minimum absolute atomic E-state index is 0.220. The first kappa shape index (κ1) is 11.1. The van der Waals surface area contributed by atoms with E-state index in [4.69, 9.17) is 0 Å². The summed E-state index contributed by atoms with van der Waals surface area (Å²) in [7, 11) is 0. The Bertz CT molecular complexity index is 894. The van der Waals surface area contributed by atoms with E-state index in [1.54, 1.807) is 24.5 Å². The third-order valence-corrected chi connectivity index (χ3v) is 3.41. The highest BCUT2D eigenvalue weighted by Gasteiger charge is 2.10. The van der Waals surface area contributed by atoms with E-state index < -0.39 is 0 Å². The van der Waals surface area contributed by atoms with Crippen molar-refractivity contribution >= 4 is 21.8 Å². The van der Waals surface area contributed by atoms with Gasteiger partial charge in [-0.1, -0.05) is 24.3 Å². The maximum atomic E-state index is 13.8. The number of halogens is 1. The van der Waals surface area contributed by atoms with E-state index in [2.05, 4.69) is 15.0 Å². The van der Waals surface area contributed by atoms with Gasteiger partial charge in [-0.15, -0.1) is 0 Å². The van der Waals surface area contributed by atoms with Gasteiger partial charge in [0.1, 0.15) is 11.6 Å². The summed E-state index contributed by atoms with van der Waals surface area (Å²) in [6, 6.07) is 12.5. The van der Waals surface area contributed by atoms with Crippen LogP contribution in [0, 0.1) is 5.82 Å². The lowest BCUT2D eigenvalue weighted by Gasteiger charge is -2.04. The van der Waals surface area contributed by atoms with Crippen LogP contribution in [0.15, 0.2) is 54.9 Å². The number of nitrogens with zero attached hydrogens (tertiary/aromatic N) is 2. The molecule has 0 atom stereocenters. The van der Waals surface area contributed by atoms with E-state index in [9.17, 15) is 4.39 Å². The van der Waals surface area contributed by atoms with Crippen molar-refractivity contribution in [2.45, 2.75) is 0 Å². The van der Waals surface area contributed by atoms with Crippen molar-refractivity contribution in [3.63, 3.8) is 0 Å². The second-order valence-corrected chi connectivity index (χ2v) is 4.62. The first-order valence-corrected chi connectivity index (χ1v) is 6.30. The smallest absolute Gasteiger partial charge is 0.139 e. The van der Waals surface area contributed by atoms with Crippen LogP contribution in [0.3, 0.4) is 0 Å². The summed E-state index contributed by atoms with van der Waals surface area (Å²) in [6.45, 7) is 0. The maximum Gasteiger partial charge on any atom is 0.139 e. The largest absolute Gasteiger partial charge is 0.337 e. The second kappa shape index (κ2) is 4.13. The summed E-state index contributed by atoms with van der Waals surface area (Å²) in [6.07, 6.45) is 3.44. The van der Waals surface area contributed by atoms with Crippen LogP contribution in [-0.2, 0) is 0 Å². The SMILES string of the molecule is Fc1ccc(-c2nc3ccncc3[nH]2)c2ccccc12. The van der Waals surface area contributed by atoms with Gasteiger partial charge in [-0.05, 0) is 23.6 Å². The van der Waals surface area contributed by atoms with E-state index in [1.165, 1.54) is 6.07 Å². The molecule has 2 heterocycles. The van der Waals surface area contributed by atoms with Crippen LogP contribution in [0.5, 0.6) is 0 Å². The van der Waals surface area contributed by atoms with Gasteiger partial charge in [0, 0.05) is 17.1 Å². The predicted octanol–water partition coefficient (Wildman–Crippen LogP) is 3.92. The third kappa shape index (κ3) is 1.58. The van der Waals surface area contributed by atoms with Crippen LogP contribution >= 0.6 is 0 Å². The second-order valence-electron chi connectivity index (χ2n) is 4.62. The summed E-state index contributed by atoms with van der Waals surface area (Å²) in [5.74, 6) is 0.506. The number of aromatic amines is 1. The standard InChI is InChI=1S/C16H10FN3/c17-13-6-5-12(10-3-1-2-4-11(10)13)16-19-14-7-8-18-9-15(14)20-16/h1-9H,(H,19,20). The Hall–Kier alpha value is -2.75. The number of hydrogen-bond acceptors (Lipinski definition) is 2. The van der Waals surface area contributed by atoms with Crippen LogP contribution in [0.2, 0.25) is 0 Å². The molecule has 0 fully saturated rings. The normalized spacial score (nSPS) is 11.2. The molecule has 2 aromatic heterocycles. The number of aromatic nitrogens is 3. The number of H-pyrrole nitrogens is 1. The summed E-state index contributed by atoms with van der Waals surface area (Å²) >= 11 is 0. The number of fused-ring (bicyclic) bond motifs is 2. The first-order chi connectivity index (χ1) is 9.83. The molecule has 0 amide bonds. The maximum absolute atomic E-state index is 13.8. The zero-order valence-electron chi connectivity index (χ0n) is 10.5. The van der Waals surface area contributed by atoms with Gasteiger partial charge in [0.2, 0.25) is 0 Å². The van der Waals surface area contributed by atoms with Crippen molar-refractivity contribution in [2.75, 3.05) is 0 Å². The Balaban J connectivity index is 2.04. The molecule has 1 N–H and O–H groups in total. The number of rotatable bonds is 1. The molecule has 0 aliphatic rings. The molecule has 2 aromatic carbocycles. The molecule has 4 aromatic rings. The van der Waals surface area contributed by atoms with Gasteiger partial charge >= 0.3 is 0 Å².